The van der Waals surface area contributed by atoms with Crippen molar-refractivity contribution < 1.29 is 38.5 Å². The molecule has 0 rings (SSSR count). The normalized spacial score (nSPS) is 13.1. The van der Waals surface area contributed by atoms with E-state index in [1.54, 1.807) is 0 Å². The summed E-state index contributed by atoms with van der Waals surface area (Å²) in [5.74, 6) is -1.60. The van der Waals surface area contributed by atoms with Gasteiger partial charge in [-0.05, 0) is 38.5 Å². The fraction of sp³-hybridized carbons (Fsp3) is 0.889. The number of quaternary nitrogens is 1. The van der Waals surface area contributed by atoms with Crippen molar-refractivity contribution in [2.75, 3.05) is 47.5 Å². The topological polar surface area (TPSA) is 102 Å². The molecule has 0 aliphatic heterocycles. The quantitative estimate of drug-likeness (QED) is 0.0206. The largest absolute Gasteiger partial charge is 0.477 e. The molecule has 0 saturated heterocycles. The van der Waals surface area contributed by atoms with Gasteiger partial charge in [0.15, 0.2) is 0 Å². The number of esters is 1. The summed E-state index contributed by atoms with van der Waals surface area (Å²) in [4.78, 5) is 23.4. The molecule has 0 aliphatic rings. The van der Waals surface area contributed by atoms with E-state index in [1.807, 2.05) is 21.1 Å². The lowest BCUT2D eigenvalue weighted by Gasteiger charge is -2.24. The van der Waals surface area contributed by atoms with Crippen LogP contribution in [0.1, 0.15) is 251 Å². The van der Waals surface area contributed by atoms with E-state index in [2.05, 4.69) is 31.2 Å². The molecule has 0 aromatic carbocycles. The predicted molar refractivity (Wildman–Crippen MR) is 263 cm³/mol. The first-order chi connectivity index (χ1) is 30.2. The van der Waals surface area contributed by atoms with Crippen LogP contribution in [0.4, 0.5) is 0 Å². The van der Waals surface area contributed by atoms with Gasteiger partial charge in [-0.1, -0.05) is 230 Å². The van der Waals surface area contributed by atoms with Crippen LogP contribution in [0, 0.1) is 0 Å². The van der Waals surface area contributed by atoms with E-state index in [0.29, 0.717) is 17.4 Å². The number of aliphatic hydroxyl groups excluding tert-OH is 1. The van der Waals surface area contributed by atoms with Gasteiger partial charge in [0.05, 0.1) is 34.4 Å². The SMILES string of the molecule is CCCCCCC/C=C\C/C=C\CCCCCCCCCCCCCCCCCCCCCCCCCCCCCCCC(=O)OCC(O)COC(OCC[N+](C)(C)C)C(=O)O. The zero-order valence-electron chi connectivity index (χ0n) is 41.5. The third kappa shape index (κ3) is 49.3. The maximum absolute atomic E-state index is 12.0. The van der Waals surface area contributed by atoms with Crippen molar-refractivity contribution in [1.29, 1.82) is 0 Å². The molecule has 0 bridgehead atoms. The number of carboxylic acid groups (broad SMARTS) is 1. The highest BCUT2D eigenvalue weighted by Gasteiger charge is 2.22. The molecule has 2 unspecified atom stereocenters. The number of carbonyl (C=O) groups excluding carboxylic acids is 1. The van der Waals surface area contributed by atoms with Crippen LogP contribution in [0.25, 0.3) is 0 Å². The Labute approximate surface area is 384 Å². The van der Waals surface area contributed by atoms with Crippen molar-refractivity contribution in [1.82, 2.24) is 0 Å². The van der Waals surface area contributed by atoms with E-state index in [9.17, 15) is 19.8 Å². The lowest BCUT2D eigenvalue weighted by atomic mass is 10.0. The first kappa shape index (κ1) is 60.3. The summed E-state index contributed by atoms with van der Waals surface area (Å²) < 4.78 is 16.2. The number of hydrogen-bond donors (Lipinski definition) is 2. The van der Waals surface area contributed by atoms with Gasteiger partial charge in [-0.25, -0.2) is 4.79 Å². The number of ether oxygens (including phenoxy) is 3. The number of carboxylic acids is 1. The van der Waals surface area contributed by atoms with Gasteiger partial charge >= 0.3 is 11.9 Å². The van der Waals surface area contributed by atoms with E-state index in [1.165, 1.54) is 212 Å². The van der Waals surface area contributed by atoms with Gasteiger partial charge in [-0.3, -0.25) is 4.79 Å². The molecule has 0 aliphatic carbocycles. The standard InChI is InChI=1S/C54H103NO7/c1-5-6-7-8-9-10-11-12-13-14-15-16-17-18-19-20-21-22-23-24-25-26-27-28-29-30-31-32-33-34-35-36-37-38-39-40-41-42-43-44-45-46-52(57)61-49-51(56)50-62-54(53(58)59)60-48-47-55(2,3)4/h11-12,14-15,51,54,56H,5-10,13,16-50H2,1-4H3/p+1/b12-11-,15-14-. The maximum atomic E-state index is 12.0. The molecule has 0 aromatic heterocycles. The first-order valence-electron chi connectivity index (χ1n) is 26.6. The Morgan fingerprint density at radius 3 is 1.19 bits per heavy atom. The Balaban J connectivity index is 3.31. The molecule has 0 aromatic rings. The maximum Gasteiger partial charge on any atom is 0.361 e. The van der Waals surface area contributed by atoms with Crippen LogP contribution in [-0.4, -0.2) is 86.5 Å². The summed E-state index contributed by atoms with van der Waals surface area (Å²) in [5.41, 5.74) is 0. The van der Waals surface area contributed by atoms with Crippen LogP contribution in [0.3, 0.4) is 0 Å². The van der Waals surface area contributed by atoms with Crippen molar-refractivity contribution in [3.63, 3.8) is 0 Å². The number of unbranched alkanes of at least 4 members (excludes halogenated alkanes) is 34. The lowest BCUT2D eigenvalue weighted by molar-refractivity contribution is -0.870. The average Bonchev–Trinajstić information content (AvgIpc) is 3.24. The van der Waals surface area contributed by atoms with E-state index < -0.39 is 18.4 Å². The highest BCUT2D eigenvalue weighted by atomic mass is 16.7. The predicted octanol–water partition coefficient (Wildman–Crippen LogP) is 15.0. The summed E-state index contributed by atoms with van der Waals surface area (Å²) in [7, 11) is 5.93. The Hall–Kier alpha value is -1.74. The van der Waals surface area contributed by atoms with E-state index in [0.717, 1.165) is 25.7 Å². The van der Waals surface area contributed by atoms with Gasteiger partial charge in [0.25, 0.3) is 6.29 Å². The lowest BCUT2D eigenvalue weighted by Crippen LogP contribution is -2.40. The number of aliphatic carboxylic acids is 1. The third-order valence-electron chi connectivity index (χ3n) is 11.9. The average molecular weight is 879 g/mol. The number of rotatable bonds is 50. The zero-order chi connectivity index (χ0) is 45.5. The second-order valence-electron chi connectivity index (χ2n) is 19.4. The van der Waals surface area contributed by atoms with E-state index in [-0.39, 0.29) is 25.8 Å². The van der Waals surface area contributed by atoms with Crippen LogP contribution in [0.2, 0.25) is 0 Å². The first-order valence-corrected chi connectivity index (χ1v) is 26.6. The van der Waals surface area contributed by atoms with Crippen LogP contribution in [0.15, 0.2) is 24.3 Å². The molecule has 0 amide bonds. The molecule has 2 N–H and O–H groups in total. The van der Waals surface area contributed by atoms with Crippen molar-refractivity contribution in [2.45, 2.75) is 263 Å². The van der Waals surface area contributed by atoms with Crippen molar-refractivity contribution >= 4 is 11.9 Å². The van der Waals surface area contributed by atoms with Gasteiger partial charge in [0.2, 0.25) is 0 Å². The second-order valence-corrected chi connectivity index (χ2v) is 19.4. The molecule has 0 spiro atoms. The molecule has 366 valence electrons. The van der Waals surface area contributed by atoms with Gasteiger partial charge in [-0.15, -0.1) is 0 Å². The fourth-order valence-electron chi connectivity index (χ4n) is 7.81. The van der Waals surface area contributed by atoms with Crippen LogP contribution >= 0.6 is 0 Å². The van der Waals surface area contributed by atoms with Gasteiger partial charge < -0.3 is 28.9 Å². The van der Waals surface area contributed by atoms with Crippen LogP contribution in [-0.2, 0) is 23.8 Å². The highest BCUT2D eigenvalue weighted by molar-refractivity contribution is 5.70. The Morgan fingerprint density at radius 1 is 0.484 bits per heavy atom. The number of nitrogens with zero attached hydrogens (tertiary/aromatic N) is 1. The smallest absolute Gasteiger partial charge is 0.361 e. The molecule has 0 fully saturated rings. The van der Waals surface area contributed by atoms with Gasteiger partial charge in [0.1, 0.15) is 19.3 Å². The molecule has 0 radical (unpaired) electrons. The van der Waals surface area contributed by atoms with Crippen LogP contribution < -0.4 is 0 Å². The van der Waals surface area contributed by atoms with Crippen molar-refractivity contribution in [3.05, 3.63) is 24.3 Å². The number of carbonyl (C=O) groups is 2. The molecular formula is C54H104NO7+. The molecule has 8 nitrogen and oxygen atoms in total. The third-order valence-corrected chi connectivity index (χ3v) is 11.9. The van der Waals surface area contributed by atoms with Crippen molar-refractivity contribution in [2.24, 2.45) is 0 Å². The number of likely N-dealkylation sites (N-methyl/N-ethyl adjacent to an activating group) is 1. The van der Waals surface area contributed by atoms with Crippen LogP contribution in [0.5, 0.6) is 0 Å². The number of aliphatic hydroxyl groups is 1. The van der Waals surface area contributed by atoms with E-state index >= 15 is 0 Å². The number of allylic oxidation sites excluding steroid dienone is 4. The summed E-state index contributed by atoms with van der Waals surface area (Å²) >= 11 is 0. The minimum Gasteiger partial charge on any atom is -0.477 e. The molecule has 0 saturated carbocycles. The Kier molecular flexibility index (Phi) is 45.9. The number of hydrogen-bond acceptors (Lipinski definition) is 6. The minimum atomic E-state index is -1.46. The molecule has 8 heteroatoms. The monoisotopic (exact) mass is 879 g/mol. The summed E-state index contributed by atoms with van der Waals surface area (Å²) in [6, 6.07) is 0. The molecule has 2 atom stereocenters. The highest BCUT2D eigenvalue weighted by Crippen LogP contribution is 2.17. The summed E-state index contributed by atoms with van der Waals surface area (Å²) in [5, 5.41) is 19.3. The minimum absolute atomic E-state index is 0.213. The van der Waals surface area contributed by atoms with Crippen molar-refractivity contribution in [3.8, 4) is 0 Å². The summed E-state index contributed by atoms with van der Waals surface area (Å²) in [6.45, 7) is 2.61. The Bertz CT molecular complexity index is 1010. The zero-order valence-corrected chi connectivity index (χ0v) is 41.5. The van der Waals surface area contributed by atoms with E-state index in [4.69, 9.17) is 14.2 Å². The molecule has 62 heavy (non-hydrogen) atoms. The Morgan fingerprint density at radius 2 is 0.839 bits per heavy atom. The van der Waals surface area contributed by atoms with Gasteiger partial charge in [0, 0.05) is 6.42 Å². The fourth-order valence-corrected chi connectivity index (χ4v) is 7.81. The molecular weight excluding hydrogens is 775 g/mol. The van der Waals surface area contributed by atoms with Gasteiger partial charge in [-0.2, -0.15) is 0 Å². The second kappa shape index (κ2) is 47.2. The molecule has 0 heterocycles. The summed E-state index contributed by atoms with van der Waals surface area (Å²) in [6.07, 6.45) is 57.2.